The van der Waals surface area contributed by atoms with Gasteiger partial charge in [0, 0.05) is 25.2 Å². The zero-order valence-electron chi connectivity index (χ0n) is 16.5. The minimum atomic E-state index is -3.85. The quantitative estimate of drug-likeness (QED) is 0.597. The first-order valence-corrected chi connectivity index (χ1v) is 12.7. The van der Waals surface area contributed by atoms with E-state index >= 15 is 0 Å². The summed E-state index contributed by atoms with van der Waals surface area (Å²) in [4.78, 5) is 12.4. The molecule has 0 aromatic heterocycles. The van der Waals surface area contributed by atoms with E-state index in [1.165, 1.54) is 34.6 Å². The number of nitrogens with zero attached hydrogens (tertiary/aromatic N) is 1. The van der Waals surface area contributed by atoms with Crippen LogP contribution in [0.15, 0.2) is 52.3 Å². The average molecular weight is 488 g/mol. The Kier molecular flexibility index (Phi) is 7.35. The number of carbonyl (C=O) groups excluding carboxylic acids is 1. The molecule has 0 radical (unpaired) electrons. The van der Waals surface area contributed by atoms with Crippen molar-refractivity contribution in [2.45, 2.75) is 16.2 Å². The number of primary sulfonamides is 1. The van der Waals surface area contributed by atoms with Crippen molar-refractivity contribution in [2.75, 3.05) is 32.8 Å². The van der Waals surface area contributed by atoms with Gasteiger partial charge in [0.1, 0.15) is 4.90 Å². The van der Waals surface area contributed by atoms with Crippen molar-refractivity contribution >= 4 is 37.6 Å². The molecule has 1 saturated heterocycles. The van der Waals surface area contributed by atoms with E-state index in [9.17, 15) is 21.6 Å². The van der Waals surface area contributed by atoms with Gasteiger partial charge in [-0.3, -0.25) is 4.79 Å². The Morgan fingerprint density at radius 2 is 1.71 bits per heavy atom. The van der Waals surface area contributed by atoms with Crippen molar-refractivity contribution in [3.05, 3.63) is 58.6 Å². The maximum Gasteiger partial charge on any atom is 0.251 e. The highest BCUT2D eigenvalue weighted by atomic mass is 35.5. The number of morpholine rings is 1. The minimum absolute atomic E-state index is 0.00968. The van der Waals surface area contributed by atoms with Crippen LogP contribution in [0.4, 0.5) is 0 Å². The number of rotatable bonds is 7. The van der Waals surface area contributed by atoms with Crippen molar-refractivity contribution < 1.29 is 26.4 Å². The molecule has 1 heterocycles. The first kappa shape index (κ1) is 23.6. The second-order valence-electron chi connectivity index (χ2n) is 6.86. The van der Waals surface area contributed by atoms with Crippen LogP contribution in [0.5, 0.6) is 0 Å². The van der Waals surface area contributed by atoms with Crippen LogP contribution in [0.1, 0.15) is 15.9 Å². The smallest absolute Gasteiger partial charge is 0.251 e. The summed E-state index contributed by atoms with van der Waals surface area (Å²) in [6, 6.07) is 10.1. The van der Waals surface area contributed by atoms with Crippen molar-refractivity contribution in [1.29, 1.82) is 0 Å². The fourth-order valence-corrected chi connectivity index (χ4v) is 5.46. The molecular weight excluding hydrogens is 466 g/mol. The predicted molar refractivity (Wildman–Crippen MR) is 115 cm³/mol. The van der Waals surface area contributed by atoms with E-state index in [1.807, 2.05) is 0 Å². The largest absolute Gasteiger partial charge is 0.379 e. The highest BCUT2D eigenvalue weighted by Crippen LogP contribution is 2.26. The molecule has 1 fully saturated rings. The molecule has 3 rings (SSSR count). The Labute approximate surface area is 186 Å². The topological polar surface area (TPSA) is 136 Å². The second-order valence-corrected chi connectivity index (χ2v) is 10.7. The molecule has 0 bridgehead atoms. The molecule has 1 amide bonds. The maximum atomic E-state index is 12.9. The van der Waals surface area contributed by atoms with Crippen LogP contribution >= 0.6 is 11.6 Å². The number of hydrogen-bond acceptors (Lipinski definition) is 6. The molecule has 0 spiro atoms. The molecule has 168 valence electrons. The standard InChI is InChI=1S/C19H22ClN3O6S2/c20-17-6-3-15(13-18(17)31(27,28)23-9-11-29-12-10-23)19(24)22-8-7-14-1-4-16(5-2-14)30(21,25)26/h1-6,13H,7-12H2,(H,22,24)(H2,21,25,26). The molecular formula is C19H22ClN3O6S2. The zero-order chi connectivity index (χ0) is 22.6. The molecule has 9 nitrogen and oxygen atoms in total. The summed E-state index contributed by atoms with van der Waals surface area (Å²) in [5.41, 5.74) is 0.972. The molecule has 3 N–H and O–H groups in total. The summed E-state index contributed by atoms with van der Waals surface area (Å²) in [5.74, 6) is -0.448. The number of sulfonamides is 2. The molecule has 1 aliphatic rings. The van der Waals surface area contributed by atoms with Gasteiger partial charge < -0.3 is 10.1 Å². The van der Waals surface area contributed by atoms with Crippen LogP contribution in [0, 0.1) is 0 Å². The highest BCUT2D eigenvalue weighted by Gasteiger charge is 2.29. The first-order valence-electron chi connectivity index (χ1n) is 9.36. The van der Waals surface area contributed by atoms with Crippen LogP contribution in [0.3, 0.4) is 0 Å². The van der Waals surface area contributed by atoms with Gasteiger partial charge in [0.25, 0.3) is 5.91 Å². The summed E-state index contributed by atoms with van der Waals surface area (Å²) in [6.45, 7) is 1.31. The molecule has 31 heavy (non-hydrogen) atoms. The Hall–Kier alpha value is -2.02. The summed E-state index contributed by atoms with van der Waals surface area (Å²) >= 11 is 6.11. The van der Waals surface area contributed by atoms with E-state index in [2.05, 4.69) is 5.32 Å². The molecule has 1 aliphatic heterocycles. The fourth-order valence-electron chi connectivity index (χ4n) is 3.04. The van der Waals surface area contributed by atoms with E-state index in [4.69, 9.17) is 21.5 Å². The van der Waals surface area contributed by atoms with Gasteiger partial charge >= 0.3 is 0 Å². The van der Waals surface area contributed by atoms with E-state index in [1.54, 1.807) is 12.1 Å². The highest BCUT2D eigenvalue weighted by molar-refractivity contribution is 7.89. The van der Waals surface area contributed by atoms with Gasteiger partial charge in [-0.25, -0.2) is 22.0 Å². The van der Waals surface area contributed by atoms with Crippen LogP contribution in [-0.2, 0) is 31.2 Å². The van der Waals surface area contributed by atoms with Crippen LogP contribution in [0.2, 0.25) is 5.02 Å². The summed E-state index contributed by atoms with van der Waals surface area (Å²) in [7, 11) is -7.60. The van der Waals surface area contributed by atoms with Crippen molar-refractivity contribution in [3.63, 3.8) is 0 Å². The number of amides is 1. The van der Waals surface area contributed by atoms with Crippen LogP contribution in [0.25, 0.3) is 0 Å². The summed E-state index contributed by atoms with van der Waals surface area (Å²) in [5, 5.41) is 7.82. The van der Waals surface area contributed by atoms with Gasteiger partial charge in [-0.15, -0.1) is 0 Å². The molecule has 2 aromatic rings. The normalized spacial score (nSPS) is 15.5. The number of halogens is 1. The minimum Gasteiger partial charge on any atom is -0.379 e. The van der Waals surface area contributed by atoms with E-state index in [0.717, 1.165) is 5.56 Å². The Balaban J connectivity index is 1.66. The van der Waals surface area contributed by atoms with Gasteiger partial charge in [-0.05, 0) is 42.3 Å². The van der Waals surface area contributed by atoms with Crippen molar-refractivity contribution in [2.24, 2.45) is 5.14 Å². The van der Waals surface area contributed by atoms with Gasteiger partial charge in [0.15, 0.2) is 0 Å². The third-order valence-electron chi connectivity index (χ3n) is 4.73. The van der Waals surface area contributed by atoms with E-state index in [0.29, 0.717) is 19.6 Å². The van der Waals surface area contributed by atoms with Crippen molar-refractivity contribution in [1.82, 2.24) is 9.62 Å². The van der Waals surface area contributed by atoms with Gasteiger partial charge in [-0.1, -0.05) is 23.7 Å². The SMILES string of the molecule is NS(=O)(=O)c1ccc(CCNC(=O)c2ccc(Cl)c(S(=O)(=O)N3CCOCC3)c2)cc1. The summed E-state index contributed by atoms with van der Waals surface area (Å²) < 4.78 is 54.8. The number of nitrogens with two attached hydrogens (primary N) is 1. The lowest BCUT2D eigenvalue weighted by Gasteiger charge is -2.26. The number of ether oxygens (including phenoxy) is 1. The summed E-state index contributed by atoms with van der Waals surface area (Å²) in [6.07, 6.45) is 0.448. The Morgan fingerprint density at radius 3 is 2.32 bits per heavy atom. The maximum absolute atomic E-state index is 12.9. The molecule has 12 heteroatoms. The van der Waals surface area contributed by atoms with Gasteiger partial charge in [-0.2, -0.15) is 4.31 Å². The van der Waals surface area contributed by atoms with Crippen LogP contribution in [-0.4, -0.2) is 59.9 Å². The van der Waals surface area contributed by atoms with Crippen molar-refractivity contribution in [3.8, 4) is 0 Å². The number of carbonyl (C=O) groups is 1. The monoisotopic (exact) mass is 487 g/mol. The molecule has 0 aliphatic carbocycles. The molecule has 0 saturated carbocycles. The first-order chi connectivity index (χ1) is 14.6. The number of nitrogens with one attached hydrogen (secondary N) is 1. The lowest BCUT2D eigenvalue weighted by atomic mass is 10.1. The lowest BCUT2D eigenvalue weighted by Crippen LogP contribution is -2.40. The predicted octanol–water partition coefficient (Wildman–Crippen LogP) is 0.981. The zero-order valence-corrected chi connectivity index (χ0v) is 18.8. The van der Waals surface area contributed by atoms with Gasteiger partial charge in [0.2, 0.25) is 20.0 Å². The van der Waals surface area contributed by atoms with E-state index < -0.39 is 26.0 Å². The number of benzene rings is 2. The fraction of sp³-hybridized carbons (Fsp3) is 0.316. The average Bonchev–Trinajstić information content (AvgIpc) is 2.74. The number of hydrogen-bond donors (Lipinski definition) is 2. The molecule has 2 aromatic carbocycles. The van der Waals surface area contributed by atoms with Gasteiger partial charge in [0.05, 0.1) is 23.1 Å². The Morgan fingerprint density at radius 1 is 1.06 bits per heavy atom. The lowest BCUT2D eigenvalue weighted by molar-refractivity contribution is 0.0730. The third-order valence-corrected chi connectivity index (χ3v) is 8.04. The third kappa shape index (κ3) is 5.82. The molecule has 0 unspecified atom stereocenters. The van der Waals surface area contributed by atoms with E-state index in [-0.39, 0.29) is 40.0 Å². The van der Waals surface area contributed by atoms with Crippen LogP contribution < -0.4 is 10.5 Å². The second kappa shape index (κ2) is 9.63. The Bertz CT molecular complexity index is 1160. The molecule has 0 atom stereocenters.